The third-order valence-corrected chi connectivity index (χ3v) is 3.29. The van der Waals surface area contributed by atoms with Crippen LogP contribution in [0.1, 0.15) is 23.2 Å². The zero-order chi connectivity index (χ0) is 12.7. The van der Waals surface area contributed by atoms with Gasteiger partial charge in [-0.25, -0.2) is 4.39 Å². The molecule has 94 valence electrons. The van der Waals surface area contributed by atoms with Crippen LogP contribution in [0.15, 0.2) is 12.1 Å². The summed E-state index contributed by atoms with van der Waals surface area (Å²) in [4.78, 5) is 17.7. The van der Waals surface area contributed by atoms with E-state index < -0.39 is 5.82 Å². The Morgan fingerprint density at radius 2 is 2.22 bits per heavy atom. The van der Waals surface area contributed by atoms with Crippen molar-refractivity contribution in [3.05, 3.63) is 28.3 Å². The molecule has 0 saturated heterocycles. The smallest absolute Gasteiger partial charge is 0.253 e. The van der Waals surface area contributed by atoms with Gasteiger partial charge < -0.3 is 15.3 Å². The lowest BCUT2D eigenvalue weighted by molar-refractivity contribution is 0.0953. The Kier molecular flexibility index (Phi) is 2.66. The first-order valence-electron chi connectivity index (χ1n) is 5.83. The summed E-state index contributed by atoms with van der Waals surface area (Å²) in [6.07, 6.45) is 2.32. The van der Waals surface area contributed by atoms with Gasteiger partial charge in [0.15, 0.2) is 4.77 Å². The van der Waals surface area contributed by atoms with E-state index in [4.69, 9.17) is 12.2 Å². The molecule has 2 aromatic rings. The molecule has 4 nitrogen and oxygen atoms in total. The molecule has 1 aromatic heterocycles. The predicted octanol–water partition coefficient (Wildman–Crippen LogP) is 2.50. The molecular formula is C12H12FN3OS. The van der Waals surface area contributed by atoms with E-state index in [1.807, 2.05) is 0 Å². The molecule has 0 atom stereocenters. The Labute approximate surface area is 108 Å². The van der Waals surface area contributed by atoms with Gasteiger partial charge in [-0.15, -0.1) is 0 Å². The van der Waals surface area contributed by atoms with E-state index in [1.165, 1.54) is 12.1 Å². The van der Waals surface area contributed by atoms with Crippen LogP contribution >= 0.6 is 12.2 Å². The zero-order valence-electron chi connectivity index (χ0n) is 9.55. The van der Waals surface area contributed by atoms with Crippen molar-refractivity contribution in [1.82, 2.24) is 15.3 Å². The van der Waals surface area contributed by atoms with Crippen LogP contribution in [0.2, 0.25) is 0 Å². The third kappa shape index (κ3) is 2.15. The lowest BCUT2D eigenvalue weighted by Crippen LogP contribution is -2.25. The van der Waals surface area contributed by atoms with E-state index >= 15 is 0 Å². The second-order valence-corrected chi connectivity index (χ2v) is 5.02. The molecule has 0 unspecified atom stereocenters. The number of halogens is 1. The molecule has 3 N–H and O–H groups in total. The van der Waals surface area contributed by atoms with Gasteiger partial charge in [-0.2, -0.15) is 0 Å². The molecule has 0 radical (unpaired) electrons. The van der Waals surface area contributed by atoms with Crippen LogP contribution in [-0.2, 0) is 0 Å². The molecule has 1 fully saturated rings. The van der Waals surface area contributed by atoms with E-state index in [9.17, 15) is 9.18 Å². The first-order valence-corrected chi connectivity index (χ1v) is 6.24. The minimum atomic E-state index is -0.454. The summed E-state index contributed by atoms with van der Waals surface area (Å²) in [6.45, 7) is 0.655. The fourth-order valence-corrected chi connectivity index (χ4v) is 2.15. The van der Waals surface area contributed by atoms with Crippen LogP contribution in [-0.4, -0.2) is 22.4 Å². The lowest BCUT2D eigenvalue weighted by Gasteiger charge is -2.05. The third-order valence-electron chi connectivity index (χ3n) is 3.08. The van der Waals surface area contributed by atoms with E-state index in [1.54, 1.807) is 0 Å². The number of H-pyrrole nitrogens is 2. The highest BCUT2D eigenvalue weighted by Gasteiger charge is 2.22. The summed E-state index contributed by atoms with van der Waals surface area (Å²) in [5.41, 5.74) is 1.35. The Balaban J connectivity index is 1.97. The normalized spacial score (nSPS) is 14.9. The van der Waals surface area contributed by atoms with Crippen molar-refractivity contribution in [2.75, 3.05) is 6.54 Å². The molecule has 0 aliphatic heterocycles. The molecule has 1 amide bonds. The Morgan fingerprint density at radius 3 is 2.94 bits per heavy atom. The average Bonchev–Trinajstić information content (AvgIpc) is 3.06. The number of aromatic amines is 2. The van der Waals surface area contributed by atoms with Crippen molar-refractivity contribution in [2.45, 2.75) is 12.8 Å². The first-order chi connectivity index (χ1) is 8.63. The summed E-state index contributed by atoms with van der Waals surface area (Å²) in [5.74, 6) is -0.135. The van der Waals surface area contributed by atoms with E-state index in [2.05, 4.69) is 15.3 Å². The number of nitrogens with one attached hydrogen (secondary N) is 3. The Bertz CT molecular complexity index is 672. The van der Waals surface area contributed by atoms with Gasteiger partial charge in [0.2, 0.25) is 0 Å². The zero-order valence-corrected chi connectivity index (χ0v) is 10.4. The van der Waals surface area contributed by atoms with Crippen LogP contribution in [0.3, 0.4) is 0 Å². The Hall–Kier alpha value is -1.69. The van der Waals surface area contributed by atoms with Crippen molar-refractivity contribution in [3.63, 3.8) is 0 Å². The van der Waals surface area contributed by atoms with Gasteiger partial charge in [-0.1, -0.05) is 0 Å². The molecule has 1 saturated carbocycles. The van der Waals surface area contributed by atoms with Crippen molar-refractivity contribution in [1.29, 1.82) is 0 Å². The van der Waals surface area contributed by atoms with Gasteiger partial charge in [0.25, 0.3) is 5.91 Å². The van der Waals surface area contributed by atoms with Crippen molar-refractivity contribution in [2.24, 2.45) is 5.92 Å². The molecule has 1 aliphatic carbocycles. The van der Waals surface area contributed by atoms with Crippen LogP contribution in [0, 0.1) is 16.5 Å². The topological polar surface area (TPSA) is 60.7 Å². The molecule has 0 bridgehead atoms. The number of aromatic nitrogens is 2. The van der Waals surface area contributed by atoms with E-state index in [0.29, 0.717) is 28.3 Å². The van der Waals surface area contributed by atoms with Crippen LogP contribution < -0.4 is 5.32 Å². The summed E-state index contributed by atoms with van der Waals surface area (Å²) < 4.78 is 13.8. The number of amides is 1. The number of rotatable bonds is 3. The maximum absolute atomic E-state index is 13.4. The molecule has 0 spiro atoms. The van der Waals surface area contributed by atoms with Crippen LogP contribution in [0.5, 0.6) is 0 Å². The van der Waals surface area contributed by atoms with Gasteiger partial charge in [-0.05, 0) is 43.1 Å². The molecule has 6 heteroatoms. The average molecular weight is 265 g/mol. The van der Waals surface area contributed by atoms with Crippen LogP contribution in [0.4, 0.5) is 4.39 Å². The van der Waals surface area contributed by atoms with Gasteiger partial charge in [-0.3, -0.25) is 4.79 Å². The summed E-state index contributed by atoms with van der Waals surface area (Å²) in [7, 11) is 0. The van der Waals surface area contributed by atoms with E-state index in [-0.39, 0.29) is 11.5 Å². The highest BCUT2D eigenvalue weighted by Crippen LogP contribution is 2.27. The van der Waals surface area contributed by atoms with Gasteiger partial charge >= 0.3 is 0 Å². The maximum Gasteiger partial charge on any atom is 0.253 e. The molecule has 1 aromatic carbocycles. The largest absolute Gasteiger partial charge is 0.352 e. The van der Waals surface area contributed by atoms with E-state index in [0.717, 1.165) is 12.8 Å². The quantitative estimate of drug-likeness (QED) is 0.747. The standard InChI is InChI=1S/C12H12FN3OS/c13-7-3-8(11(17)14-5-6-1-2-6)10-9(4-7)15-12(18)16-10/h3-4,6H,1-2,5H2,(H,14,17)(H2,15,16,18). The lowest BCUT2D eigenvalue weighted by atomic mass is 10.1. The number of carbonyl (C=O) groups excluding carboxylic acids is 1. The Morgan fingerprint density at radius 1 is 1.44 bits per heavy atom. The number of fused-ring (bicyclic) bond motifs is 1. The minimum Gasteiger partial charge on any atom is -0.352 e. The monoisotopic (exact) mass is 265 g/mol. The number of carbonyl (C=O) groups is 1. The molecule has 1 heterocycles. The number of benzene rings is 1. The second kappa shape index (κ2) is 4.20. The van der Waals surface area contributed by atoms with Crippen molar-refractivity contribution in [3.8, 4) is 0 Å². The molecular weight excluding hydrogens is 253 g/mol. The SMILES string of the molecule is O=C(NCC1CC1)c1cc(F)cc2[nH]c(=S)[nH]c12. The van der Waals surface area contributed by atoms with Crippen molar-refractivity contribution >= 4 is 29.2 Å². The first kappa shape index (κ1) is 11.4. The van der Waals surface area contributed by atoms with Gasteiger partial charge in [0.05, 0.1) is 16.6 Å². The maximum atomic E-state index is 13.4. The highest BCUT2D eigenvalue weighted by molar-refractivity contribution is 7.71. The summed E-state index contributed by atoms with van der Waals surface area (Å²) in [6, 6.07) is 2.54. The highest BCUT2D eigenvalue weighted by atomic mass is 32.1. The van der Waals surface area contributed by atoms with Crippen LogP contribution in [0.25, 0.3) is 11.0 Å². The molecule has 3 rings (SSSR count). The van der Waals surface area contributed by atoms with Gasteiger partial charge in [0, 0.05) is 6.54 Å². The summed E-state index contributed by atoms with van der Waals surface area (Å²) >= 11 is 4.95. The minimum absolute atomic E-state index is 0.267. The molecule has 1 aliphatic rings. The molecule has 18 heavy (non-hydrogen) atoms. The predicted molar refractivity (Wildman–Crippen MR) is 68.5 cm³/mol. The second-order valence-electron chi connectivity index (χ2n) is 4.61. The number of hydrogen-bond donors (Lipinski definition) is 3. The fraction of sp³-hybridized carbons (Fsp3) is 0.333. The number of imidazole rings is 1. The van der Waals surface area contributed by atoms with Gasteiger partial charge in [0.1, 0.15) is 5.82 Å². The summed E-state index contributed by atoms with van der Waals surface area (Å²) in [5, 5.41) is 2.82. The van der Waals surface area contributed by atoms with Crippen molar-refractivity contribution < 1.29 is 9.18 Å². The number of hydrogen-bond acceptors (Lipinski definition) is 2. The fourth-order valence-electron chi connectivity index (χ4n) is 1.94.